The van der Waals surface area contributed by atoms with Gasteiger partial charge in [0.1, 0.15) is 5.54 Å². The van der Waals surface area contributed by atoms with E-state index < -0.39 is 17.5 Å². The smallest absolute Gasteiger partial charge is 0.328 e. The molecule has 0 aromatic heterocycles. The van der Waals surface area contributed by atoms with Crippen molar-refractivity contribution in [1.82, 2.24) is 5.32 Å². The normalized spacial score (nSPS) is 10.8. The molecule has 6 heteroatoms. The summed E-state index contributed by atoms with van der Waals surface area (Å²) in [5.74, 6) is -1.12. The summed E-state index contributed by atoms with van der Waals surface area (Å²) < 4.78 is 0. The predicted molar refractivity (Wildman–Crippen MR) is 65.3 cm³/mol. The highest BCUT2D eigenvalue weighted by atomic mass is 35.5. The summed E-state index contributed by atoms with van der Waals surface area (Å²) in [4.78, 5) is 22.3. The van der Waals surface area contributed by atoms with Crippen LogP contribution in [0, 0.1) is 0 Å². The molecule has 1 aromatic rings. The number of aliphatic carboxylic acids is 1. The highest BCUT2D eigenvalue weighted by molar-refractivity contribution is 6.33. The molecule has 0 aliphatic carbocycles. The van der Waals surface area contributed by atoms with Crippen molar-refractivity contribution in [1.29, 1.82) is 0 Å². The first-order valence-electron chi connectivity index (χ1n) is 4.90. The number of urea groups is 1. The summed E-state index contributed by atoms with van der Waals surface area (Å²) in [6, 6.07) is 6.07. The largest absolute Gasteiger partial charge is 0.480 e. The molecule has 0 saturated carbocycles. The van der Waals surface area contributed by atoms with Crippen molar-refractivity contribution in [2.24, 2.45) is 0 Å². The molecule has 3 N–H and O–H groups in total. The maximum absolute atomic E-state index is 11.5. The number of hydrogen-bond acceptors (Lipinski definition) is 2. The molecular weight excluding hydrogens is 244 g/mol. The number of carboxylic acids is 1. The number of carbonyl (C=O) groups excluding carboxylic acids is 1. The Labute approximate surface area is 104 Å². The number of nitrogens with one attached hydrogen (secondary N) is 2. The van der Waals surface area contributed by atoms with Crippen LogP contribution in [0.3, 0.4) is 0 Å². The number of rotatable bonds is 3. The van der Waals surface area contributed by atoms with Gasteiger partial charge in [-0.25, -0.2) is 9.59 Å². The number of anilines is 1. The molecule has 1 rings (SSSR count). The number of carbonyl (C=O) groups is 2. The lowest BCUT2D eigenvalue weighted by Gasteiger charge is -2.21. The van der Waals surface area contributed by atoms with Gasteiger partial charge in [-0.05, 0) is 26.0 Å². The number of hydrogen-bond donors (Lipinski definition) is 3. The number of carboxylic acid groups (broad SMARTS) is 1. The van der Waals surface area contributed by atoms with E-state index in [4.69, 9.17) is 16.7 Å². The van der Waals surface area contributed by atoms with Crippen LogP contribution in [-0.2, 0) is 4.79 Å². The van der Waals surface area contributed by atoms with E-state index in [2.05, 4.69) is 10.6 Å². The first kappa shape index (κ1) is 13.3. The van der Waals surface area contributed by atoms with E-state index in [1.54, 1.807) is 24.3 Å². The number of para-hydroxylation sites is 1. The maximum Gasteiger partial charge on any atom is 0.328 e. The number of amides is 2. The fourth-order valence-corrected chi connectivity index (χ4v) is 1.24. The Bertz CT molecular complexity index is 446. The van der Waals surface area contributed by atoms with Gasteiger partial charge in [0.15, 0.2) is 0 Å². The van der Waals surface area contributed by atoms with Gasteiger partial charge in [0, 0.05) is 0 Å². The molecule has 0 saturated heterocycles. The molecule has 0 fully saturated rings. The van der Waals surface area contributed by atoms with Gasteiger partial charge >= 0.3 is 12.0 Å². The summed E-state index contributed by atoms with van der Waals surface area (Å²) in [7, 11) is 0. The summed E-state index contributed by atoms with van der Waals surface area (Å²) in [6.07, 6.45) is 0. The fraction of sp³-hybridized carbons (Fsp3) is 0.273. The summed E-state index contributed by atoms with van der Waals surface area (Å²) in [6.45, 7) is 2.78. The van der Waals surface area contributed by atoms with Crippen molar-refractivity contribution < 1.29 is 14.7 Å². The number of benzene rings is 1. The molecule has 0 radical (unpaired) electrons. The van der Waals surface area contributed by atoms with Gasteiger partial charge in [-0.1, -0.05) is 23.7 Å². The predicted octanol–water partition coefficient (Wildman–Crippen LogP) is 2.32. The minimum atomic E-state index is -1.34. The first-order chi connectivity index (χ1) is 7.83. The van der Waals surface area contributed by atoms with Crippen molar-refractivity contribution in [2.45, 2.75) is 19.4 Å². The van der Waals surface area contributed by atoms with Crippen LogP contribution in [0.1, 0.15) is 13.8 Å². The standard InChI is InChI=1S/C11H13ClN2O3/c1-11(2,9(15)16)14-10(17)13-8-6-4-3-5-7(8)12/h3-6H,1-2H3,(H,15,16)(H2,13,14,17). The van der Waals surface area contributed by atoms with Crippen LogP contribution in [0.25, 0.3) is 0 Å². The third kappa shape index (κ3) is 3.64. The molecule has 92 valence electrons. The summed E-state index contributed by atoms with van der Waals surface area (Å²) >= 11 is 5.84. The lowest BCUT2D eigenvalue weighted by Crippen LogP contribution is -2.51. The Morgan fingerprint density at radius 3 is 2.41 bits per heavy atom. The van der Waals surface area contributed by atoms with E-state index in [-0.39, 0.29) is 0 Å². The first-order valence-corrected chi connectivity index (χ1v) is 5.28. The molecule has 0 aliphatic heterocycles. The quantitative estimate of drug-likeness (QED) is 0.777. The molecule has 0 aliphatic rings. The molecule has 2 amide bonds. The van der Waals surface area contributed by atoms with Crippen molar-refractivity contribution in [3.8, 4) is 0 Å². The van der Waals surface area contributed by atoms with Crippen LogP contribution in [0.4, 0.5) is 10.5 Å². The Kier molecular flexibility index (Phi) is 3.96. The van der Waals surface area contributed by atoms with Crippen molar-refractivity contribution in [3.05, 3.63) is 29.3 Å². The topological polar surface area (TPSA) is 78.4 Å². The average Bonchev–Trinajstić information content (AvgIpc) is 2.20. The van der Waals surface area contributed by atoms with E-state index in [0.29, 0.717) is 10.7 Å². The molecular formula is C11H13ClN2O3. The third-order valence-corrected chi connectivity index (χ3v) is 2.41. The monoisotopic (exact) mass is 256 g/mol. The van der Waals surface area contributed by atoms with E-state index in [1.807, 2.05) is 0 Å². The molecule has 0 heterocycles. The highest BCUT2D eigenvalue weighted by Gasteiger charge is 2.28. The van der Waals surface area contributed by atoms with Gasteiger partial charge in [0.2, 0.25) is 0 Å². The minimum Gasteiger partial charge on any atom is -0.480 e. The van der Waals surface area contributed by atoms with Crippen LogP contribution < -0.4 is 10.6 Å². The Hall–Kier alpha value is -1.75. The molecule has 0 bridgehead atoms. The Balaban J connectivity index is 2.69. The van der Waals surface area contributed by atoms with Gasteiger partial charge in [-0.3, -0.25) is 0 Å². The van der Waals surface area contributed by atoms with Gasteiger partial charge in [0.05, 0.1) is 10.7 Å². The van der Waals surface area contributed by atoms with Crippen LogP contribution in [0.15, 0.2) is 24.3 Å². The Morgan fingerprint density at radius 2 is 1.88 bits per heavy atom. The summed E-state index contributed by atoms with van der Waals surface area (Å²) in [5.41, 5.74) is -0.918. The highest BCUT2D eigenvalue weighted by Crippen LogP contribution is 2.20. The van der Waals surface area contributed by atoms with Crippen molar-refractivity contribution in [2.75, 3.05) is 5.32 Å². The molecule has 5 nitrogen and oxygen atoms in total. The van der Waals surface area contributed by atoms with E-state index in [0.717, 1.165) is 0 Å². The minimum absolute atomic E-state index is 0.385. The molecule has 17 heavy (non-hydrogen) atoms. The second-order valence-electron chi connectivity index (χ2n) is 3.99. The fourth-order valence-electron chi connectivity index (χ4n) is 1.05. The van der Waals surface area contributed by atoms with Gasteiger partial charge in [-0.15, -0.1) is 0 Å². The molecule has 0 unspecified atom stereocenters. The molecule has 1 aromatic carbocycles. The molecule has 0 atom stereocenters. The maximum atomic E-state index is 11.5. The van der Waals surface area contributed by atoms with Crippen molar-refractivity contribution in [3.63, 3.8) is 0 Å². The van der Waals surface area contributed by atoms with Gasteiger partial charge in [0.25, 0.3) is 0 Å². The van der Waals surface area contributed by atoms with Crippen LogP contribution in [0.5, 0.6) is 0 Å². The van der Waals surface area contributed by atoms with E-state index in [1.165, 1.54) is 13.8 Å². The van der Waals surface area contributed by atoms with E-state index >= 15 is 0 Å². The third-order valence-electron chi connectivity index (χ3n) is 2.08. The van der Waals surface area contributed by atoms with Crippen molar-refractivity contribution >= 4 is 29.3 Å². The lowest BCUT2D eigenvalue weighted by molar-refractivity contribution is -0.142. The van der Waals surface area contributed by atoms with Gasteiger partial charge in [-0.2, -0.15) is 0 Å². The number of halogens is 1. The second-order valence-corrected chi connectivity index (χ2v) is 4.40. The van der Waals surface area contributed by atoms with Gasteiger partial charge < -0.3 is 15.7 Å². The Morgan fingerprint density at radius 1 is 1.29 bits per heavy atom. The lowest BCUT2D eigenvalue weighted by atomic mass is 10.1. The second kappa shape index (κ2) is 5.05. The average molecular weight is 257 g/mol. The van der Waals surface area contributed by atoms with Crippen LogP contribution >= 0.6 is 11.6 Å². The molecule has 0 spiro atoms. The zero-order valence-corrected chi connectivity index (χ0v) is 10.2. The van der Waals surface area contributed by atoms with Crippen LogP contribution in [0.2, 0.25) is 5.02 Å². The van der Waals surface area contributed by atoms with E-state index in [9.17, 15) is 9.59 Å². The van der Waals surface area contributed by atoms with Crippen LogP contribution in [-0.4, -0.2) is 22.6 Å². The summed E-state index contributed by atoms with van der Waals surface area (Å²) in [5, 5.41) is 14.0. The SMILES string of the molecule is CC(C)(NC(=O)Nc1ccccc1Cl)C(=O)O. The zero-order chi connectivity index (χ0) is 13.1. The zero-order valence-electron chi connectivity index (χ0n) is 9.45.